The summed E-state index contributed by atoms with van der Waals surface area (Å²) in [6.07, 6.45) is 4.28. The second-order valence-corrected chi connectivity index (χ2v) is 13.3. The zero-order valence-corrected chi connectivity index (χ0v) is 28.1. The summed E-state index contributed by atoms with van der Waals surface area (Å²) >= 11 is 11.9. The smallest absolute Gasteiger partial charge is 0.0469 e. The molecular weight excluding hydrogens is 547 g/mol. The Morgan fingerprint density at radius 3 is 1.71 bits per heavy atom. The predicted molar refractivity (Wildman–Crippen MR) is 180 cm³/mol. The van der Waals surface area contributed by atoms with Gasteiger partial charge in [0.15, 0.2) is 0 Å². The van der Waals surface area contributed by atoms with Crippen LogP contribution in [0, 0.1) is 17.8 Å². The van der Waals surface area contributed by atoms with E-state index in [0.29, 0.717) is 30.0 Å². The Hall–Kier alpha value is -1.62. The second-order valence-electron chi connectivity index (χ2n) is 12.4. The van der Waals surface area contributed by atoms with Crippen LogP contribution in [0.1, 0.15) is 65.5 Å². The van der Waals surface area contributed by atoms with Gasteiger partial charge in [0, 0.05) is 41.4 Å². The molecule has 0 saturated carbocycles. The predicted octanol–water partition coefficient (Wildman–Crippen LogP) is 9.28. The highest BCUT2D eigenvalue weighted by Gasteiger charge is 2.22. The van der Waals surface area contributed by atoms with E-state index in [4.69, 9.17) is 27.9 Å². The molecule has 0 aromatic heterocycles. The van der Waals surface area contributed by atoms with E-state index in [2.05, 4.69) is 96.2 Å². The minimum absolute atomic E-state index is 0.323. The molecule has 2 aromatic carbocycles. The van der Waals surface area contributed by atoms with Crippen molar-refractivity contribution in [2.75, 3.05) is 26.8 Å². The Labute approximate surface area is 261 Å². The van der Waals surface area contributed by atoms with Gasteiger partial charge in [-0.1, -0.05) is 99.5 Å². The molecule has 1 saturated heterocycles. The van der Waals surface area contributed by atoms with Gasteiger partial charge >= 0.3 is 0 Å². The first-order chi connectivity index (χ1) is 19.4. The average Bonchev–Trinajstić information content (AvgIpc) is 2.95. The van der Waals surface area contributed by atoms with Crippen LogP contribution in [0.25, 0.3) is 0 Å². The maximum absolute atomic E-state index is 5.98. The van der Waals surface area contributed by atoms with Crippen molar-refractivity contribution >= 4 is 23.2 Å². The van der Waals surface area contributed by atoms with E-state index in [0.717, 1.165) is 61.4 Å². The van der Waals surface area contributed by atoms with Crippen LogP contribution in [0.5, 0.6) is 0 Å². The molecule has 1 heterocycles. The summed E-state index contributed by atoms with van der Waals surface area (Å²) in [5.74, 6) is 1.71. The molecule has 0 radical (unpaired) electrons. The lowest BCUT2D eigenvalue weighted by molar-refractivity contribution is 0.0657. The van der Waals surface area contributed by atoms with Crippen LogP contribution >= 0.6 is 23.2 Å². The van der Waals surface area contributed by atoms with Gasteiger partial charge in [0.1, 0.15) is 0 Å². The summed E-state index contributed by atoms with van der Waals surface area (Å²) in [6, 6.07) is 17.5. The molecule has 1 aliphatic rings. The summed E-state index contributed by atoms with van der Waals surface area (Å²) < 4.78 is 5.44. The first-order valence-electron chi connectivity index (χ1n) is 15.3. The average molecular weight is 602 g/mol. The molecule has 0 bridgehead atoms. The maximum atomic E-state index is 5.98. The molecule has 228 valence electrons. The third-order valence-electron chi connectivity index (χ3n) is 8.35. The Morgan fingerprint density at radius 2 is 1.27 bits per heavy atom. The van der Waals surface area contributed by atoms with Gasteiger partial charge < -0.3 is 10.1 Å². The minimum Gasteiger partial charge on any atom is -0.381 e. The lowest BCUT2D eigenvalue weighted by Gasteiger charge is -2.34. The lowest BCUT2D eigenvalue weighted by Crippen LogP contribution is -2.40. The SMILES string of the molecule is C=C(C(C)C)[C@@H](Cc1ccc(Cl)cc1)N(C)C(C)C.C=C(C(C)C)[C@@H](Cc1ccc(Cl)cc1)NCC1CCOCC1. The topological polar surface area (TPSA) is 24.5 Å². The number of halogens is 2. The first kappa shape index (κ1) is 35.6. The Bertz CT molecular complexity index is 1040. The van der Waals surface area contributed by atoms with Crippen LogP contribution in [0.3, 0.4) is 0 Å². The van der Waals surface area contributed by atoms with Gasteiger partial charge in [0.25, 0.3) is 0 Å². The van der Waals surface area contributed by atoms with Crippen molar-refractivity contribution in [2.24, 2.45) is 17.8 Å². The van der Waals surface area contributed by atoms with Crippen LogP contribution in [-0.4, -0.2) is 49.8 Å². The largest absolute Gasteiger partial charge is 0.381 e. The van der Waals surface area contributed by atoms with Crippen LogP contribution in [-0.2, 0) is 17.6 Å². The summed E-state index contributed by atoms with van der Waals surface area (Å²) in [4.78, 5) is 2.40. The molecule has 2 atom stereocenters. The van der Waals surface area contributed by atoms with Gasteiger partial charge in [0.2, 0.25) is 0 Å². The minimum atomic E-state index is 0.323. The van der Waals surface area contributed by atoms with E-state index in [1.54, 1.807) is 0 Å². The highest BCUT2D eigenvalue weighted by Crippen LogP contribution is 2.23. The number of benzene rings is 2. The summed E-state index contributed by atoms with van der Waals surface area (Å²) in [5, 5.41) is 5.33. The van der Waals surface area contributed by atoms with Crippen LogP contribution in [0.15, 0.2) is 72.8 Å². The molecule has 0 unspecified atom stereocenters. The fourth-order valence-corrected chi connectivity index (χ4v) is 5.23. The van der Waals surface area contributed by atoms with Crippen molar-refractivity contribution in [2.45, 2.75) is 85.4 Å². The molecule has 0 spiro atoms. The standard InChI is InChI=1S/C19H28ClNO.C17H26ClN/c1-14(2)15(3)19(12-16-4-6-18(20)7-5-16)21-13-17-8-10-22-11-9-17;1-12(2)14(5)17(19(6)13(3)4)11-15-7-9-16(18)10-8-15/h4-7,14,17,19,21H,3,8-13H2,1-2H3;7-10,12-13,17H,5,11H2,1-4,6H3/t19-;17-/m11/s1. The number of hydrogen-bond donors (Lipinski definition) is 1. The highest BCUT2D eigenvalue weighted by atomic mass is 35.5. The van der Waals surface area contributed by atoms with Crippen molar-refractivity contribution in [3.8, 4) is 0 Å². The van der Waals surface area contributed by atoms with Crippen molar-refractivity contribution in [3.63, 3.8) is 0 Å². The number of ether oxygens (including phenoxy) is 1. The Kier molecular flexibility index (Phi) is 15.7. The fourth-order valence-electron chi connectivity index (χ4n) is 4.98. The molecule has 3 rings (SSSR count). The molecule has 5 heteroatoms. The lowest BCUT2D eigenvalue weighted by atomic mass is 9.91. The quantitative estimate of drug-likeness (QED) is 0.232. The van der Waals surface area contributed by atoms with Gasteiger partial charge in [-0.2, -0.15) is 0 Å². The number of likely N-dealkylation sites (N-methyl/N-ethyl adjacent to an activating group) is 1. The summed E-state index contributed by atoms with van der Waals surface area (Å²) in [7, 11) is 2.18. The summed E-state index contributed by atoms with van der Waals surface area (Å²) in [5.41, 5.74) is 5.19. The van der Waals surface area contributed by atoms with Gasteiger partial charge in [-0.15, -0.1) is 0 Å². The molecule has 1 aliphatic heterocycles. The number of rotatable bonds is 13. The molecular formula is C36H54Cl2N2O. The van der Waals surface area contributed by atoms with Crippen molar-refractivity contribution < 1.29 is 4.74 Å². The number of hydrogen-bond acceptors (Lipinski definition) is 3. The Balaban J connectivity index is 0.000000290. The van der Waals surface area contributed by atoms with Gasteiger partial charge in [0.05, 0.1) is 0 Å². The van der Waals surface area contributed by atoms with Crippen molar-refractivity contribution in [1.82, 2.24) is 10.2 Å². The third-order valence-corrected chi connectivity index (χ3v) is 8.86. The third kappa shape index (κ3) is 12.6. The van der Waals surface area contributed by atoms with E-state index >= 15 is 0 Å². The normalized spacial score (nSPS) is 15.6. The number of nitrogens with zero attached hydrogens (tertiary/aromatic N) is 1. The molecule has 0 aliphatic carbocycles. The molecule has 3 nitrogen and oxygen atoms in total. The van der Waals surface area contributed by atoms with Crippen molar-refractivity contribution in [3.05, 3.63) is 94.0 Å². The second kappa shape index (κ2) is 18.1. The van der Waals surface area contributed by atoms with E-state index in [-0.39, 0.29) is 0 Å². The molecule has 2 aromatic rings. The molecule has 1 fully saturated rings. The first-order valence-corrected chi connectivity index (χ1v) is 16.0. The fraction of sp³-hybridized carbons (Fsp3) is 0.556. The van der Waals surface area contributed by atoms with E-state index in [1.165, 1.54) is 22.3 Å². The van der Waals surface area contributed by atoms with E-state index in [9.17, 15) is 0 Å². The monoisotopic (exact) mass is 600 g/mol. The van der Waals surface area contributed by atoms with E-state index < -0.39 is 0 Å². The molecule has 0 amide bonds. The van der Waals surface area contributed by atoms with E-state index in [1.807, 2.05) is 24.3 Å². The van der Waals surface area contributed by atoms with Gasteiger partial charge in [-0.3, -0.25) is 4.90 Å². The number of nitrogens with one attached hydrogen (secondary N) is 1. The van der Waals surface area contributed by atoms with Crippen LogP contribution < -0.4 is 5.32 Å². The van der Waals surface area contributed by atoms with Crippen molar-refractivity contribution in [1.29, 1.82) is 0 Å². The molecule has 1 N–H and O–H groups in total. The zero-order chi connectivity index (χ0) is 30.5. The van der Waals surface area contributed by atoms with Gasteiger partial charge in [-0.25, -0.2) is 0 Å². The van der Waals surface area contributed by atoms with Gasteiger partial charge in [-0.05, 0) is 106 Å². The Morgan fingerprint density at radius 1 is 0.805 bits per heavy atom. The summed E-state index contributed by atoms with van der Waals surface area (Å²) in [6.45, 7) is 24.8. The molecule has 41 heavy (non-hydrogen) atoms. The highest BCUT2D eigenvalue weighted by molar-refractivity contribution is 6.30. The van der Waals surface area contributed by atoms with Crippen LogP contribution in [0.4, 0.5) is 0 Å². The van der Waals surface area contributed by atoms with Crippen LogP contribution in [0.2, 0.25) is 10.0 Å². The maximum Gasteiger partial charge on any atom is 0.0469 e. The zero-order valence-electron chi connectivity index (χ0n) is 26.6.